The lowest BCUT2D eigenvalue weighted by Gasteiger charge is -2.51. The minimum absolute atomic E-state index is 0.00337. The van der Waals surface area contributed by atoms with Crippen LogP contribution in [0.1, 0.15) is 24.3 Å². The molecule has 14 nitrogen and oxygen atoms in total. The molecule has 258 valence electrons. The maximum atomic E-state index is 14.5. The molecule has 0 radical (unpaired) electrons. The van der Waals surface area contributed by atoms with E-state index in [9.17, 15) is 44.5 Å². The lowest BCUT2D eigenvalue weighted by Crippen LogP contribution is -2.60. The van der Waals surface area contributed by atoms with Crippen molar-refractivity contribution in [1.29, 1.82) is 0 Å². The fourth-order valence-corrected chi connectivity index (χ4v) is 9.78. The highest BCUT2D eigenvalue weighted by molar-refractivity contribution is 9.09. The van der Waals surface area contributed by atoms with Gasteiger partial charge in [-0.1, -0.05) is 57.9 Å². The number of hydrogen-bond donors (Lipinski definition) is 1. The molecule has 50 heavy (non-hydrogen) atoms. The first-order valence-corrected chi connectivity index (χ1v) is 17.2. The Morgan fingerprint density at radius 3 is 2.14 bits per heavy atom. The van der Waals surface area contributed by atoms with Crippen molar-refractivity contribution in [3.8, 4) is 5.75 Å². The monoisotopic (exact) mass is 785 g/mol. The largest absolute Gasteiger partial charge is 0.507 e. The SMILES string of the molecule is CN(C)c1c([N+](=O)[O-])cc(N2C(=O)C3CC=C4C(CC5(Cl)C(=O)N(CBr)C(=O)C5(Cl)C4c4ccc(O)c5ccccc45)C3C2=O)cc1[N+](=O)[O-]. The van der Waals surface area contributed by atoms with E-state index in [4.69, 9.17) is 23.2 Å². The minimum atomic E-state index is -2.09. The molecule has 7 rings (SSSR count). The highest BCUT2D eigenvalue weighted by Crippen LogP contribution is 2.66. The summed E-state index contributed by atoms with van der Waals surface area (Å²) < 4.78 is 0. The third-order valence-electron chi connectivity index (χ3n) is 10.4. The fraction of sp³-hybridized carbons (Fsp3) is 0.333. The zero-order valence-corrected chi connectivity index (χ0v) is 29.3. The number of likely N-dealkylation sites (tertiary alicyclic amines) is 1. The number of anilines is 2. The number of alkyl halides is 3. The second-order valence-corrected chi connectivity index (χ2v) is 14.7. The van der Waals surface area contributed by atoms with Crippen molar-refractivity contribution < 1.29 is 34.1 Å². The molecule has 3 fully saturated rings. The summed E-state index contributed by atoms with van der Waals surface area (Å²) in [6, 6.07) is 11.8. The number of phenols is 1. The number of fused-ring (bicyclic) bond motifs is 5. The maximum Gasteiger partial charge on any atom is 0.301 e. The van der Waals surface area contributed by atoms with Crippen LogP contribution in [0.3, 0.4) is 0 Å². The van der Waals surface area contributed by atoms with E-state index in [1.165, 1.54) is 25.1 Å². The zero-order valence-electron chi connectivity index (χ0n) is 26.2. The molecule has 0 bridgehead atoms. The normalized spacial score (nSPS) is 28.8. The van der Waals surface area contributed by atoms with Gasteiger partial charge < -0.3 is 10.0 Å². The van der Waals surface area contributed by atoms with E-state index >= 15 is 0 Å². The van der Waals surface area contributed by atoms with Gasteiger partial charge in [-0.05, 0) is 35.8 Å². The Balaban J connectivity index is 1.42. The number of nitro benzene ring substituents is 2. The number of aromatic hydroxyl groups is 1. The van der Waals surface area contributed by atoms with E-state index in [1.807, 2.05) is 0 Å². The highest BCUT2D eigenvalue weighted by Gasteiger charge is 2.76. The van der Waals surface area contributed by atoms with Crippen LogP contribution < -0.4 is 9.80 Å². The fourth-order valence-electron chi connectivity index (χ4n) is 8.37. The molecular formula is C33H26BrCl2N5O9. The van der Waals surface area contributed by atoms with Crippen LogP contribution in [0.25, 0.3) is 10.8 Å². The smallest absolute Gasteiger partial charge is 0.301 e. The Kier molecular flexibility index (Phi) is 7.77. The number of hydrogen-bond acceptors (Lipinski definition) is 10. The van der Waals surface area contributed by atoms with Crippen LogP contribution in [-0.2, 0) is 19.2 Å². The summed E-state index contributed by atoms with van der Waals surface area (Å²) in [4.78, 5) is 77.9. The summed E-state index contributed by atoms with van der Waals surface area (Å²) >= 11 is 17.9. The standard InChI is InChI=1S/C33H26BrCl2N5O9/c1-37(2)27-22(40(47)48)11-15(12-23(27)41(49)50)39-28(43)20-8-7-19-21(25(20)29(39)44)13-32(35)30(45)38(14-34)31(46)33(32,36)26(19)18-9-10-24(42)17-6-4-3-5-16(17)18/h3-7,9-12,20-21,25-26,42H,8,13-14H2,1-2H3. The second-order valence-electron chi connectivity index (χ2n) is 13.0. The molecule has 4 aliphatic rings. The Hall–Kier alpha value is -4.60. The van der Waals surface area contributed by atoms with Crippen LogP contribution in [0, 0.1) is 38.0 Å². The molecule has 1 N–H and O–H groups in total. The van der Waals surface area contributed by atoms with Gasteiger partial charge in [0.1, 0.15) is 5.75 Å². The third-order valence-corrected chi connectivity index (χ3v) is 12.3. The first-order chi connectivity index (χ1) is 23.6. The molecule has 0 aromatic heterocycles. The van der Waals surface area contributed by atoms with E-state index in [2.05, 4.69) is 15.9 Å². The van der Waals surface area contributed by atoms with E-state index in [1.54, 1.807) is 36.4 Å². The zero-order chi connectivity index (χ0) is 36.2. The number of rotatable bonds is 6. The van der Waals surface area contributed by atoms with E-state index < -0.39 is 78.3 Å². The summed E-state index contributed by atoms with van der Waals surface area (Å²) in [6.07, 6.45) is 1.41. The molecule has 3 aromatic rings. The van der Waals surface area contributed by atoms with Gasteiger partial charge in [0.2, 0.25) is 11.8 Å². The summed E-state index contributed by atoms with van der Waals surface area (Å²) in [5.74, 6) is -7.30. The molecule has 2 saturated heterocycles. The van der Waals surface area contributed by atoms with Crippen molar-refractivity contribution in [2.75, 3.05) is 29.3 Å². The van der Waals surface area contributed by atoms with Crippen molar-refractivity contribution >= 4 is 96.3 Å². The molecule has 6 atom stereocenters. The first kappa shape index (κ1) is 33.9. The van der Waals surface area contributed by atoms with E-state index in [0.717, 1.165) is 21.9 Å². The number of benzene rings is 3. The van der Waals surface area contributed by atoms with Crippen LogP contribution in [0.4, 0.5) is 22.7 Å². The van der Waals surface area contributed by atoms with Crippen molar-refractivity contribution in [2.45, 2.75) is 28.5 Å². The van der Waals surface area contributed by atoms with Gasteiger partial charge in [-0.25, -0.2) is 4.90 Å². The average molecular weight is 787 g/mol. The predicted octanol–water partition coefficient (Wildman–Crippen LogP) is 5.34. The van der Waals surface area contributed by atoms with Crippen molar-refractivity contribution in [3.05, 3.63) is 86.0 Å². The molecule has 2 aliphatic carbocycles. The van der Waals surface area contributed by atoms with E-state index in [0.29, 0.717) is 21.9 Å². The van der Waals surface area contributed by atoms with Gasteiger partial charge in [-0.3, -0.25) is 44.3 Å². The lowest BCUT2D eigenvalue weighted by atomic mass is 9.56. The summed E-state index contributed by atoms with van der Waals surface area (Å²) in [5, 5.41) is 35.8. The third kappa shape index (κ3) is 4.32. The van der Waals surface area contributed by atoms with Gasteiger partial charge in [0, 0.05) is 37.5 Å². The number of phenolic OH excluding ortho intramolecular Hbond substituents is 1. The van der Waals surface area contributed by atoms with Gasteiger partial charge >= 0.3 is 11.4 Å². The molecule has 0 spiro atoms. The molecule has 1 saturated carbocycles. The number of carbonyl (C=O) groups excluding carboxylic acids is 4. The lowest BCUT2D eigenvalue weighted by molar-refractivity contribution is -0.392. The van der Waals surface area contributed by atoms with Gasteiger partial charge in [0.05, 0.1) is 32.8 Å². The quantitative estimate of drug-likeness (QED) is 0.0854. The van der Waals surface area contributed by atoms with Gasteiger partial charge in [-0.2, -0.15) is 0 Å². The minimum Gasteiger partial charge on any atom is -0.507 e. The Morgan fingerprint density at radius 2 is 1.56 bits per heavy atom. The van der Waals surface area contributed by atoms with Crippen LogP contribution >= 0.6 is 39.1 Å². The van der Waals surface area contributed by atoms with Crippen molar-refractivity contribution in [1.82, 2.24) is 4.90 Å². The van der Waals surface area contributed by atoms with Crippen LogP contribution in [0.2, 0.25) is 0 Å². The molecule has 17 heteroatoms. The number of nitro groups is 2. The molecule has 3 aromatic carbocycles. The van der Waals surface area contributed by atoms with E-state index in [-0.39, 0.29) is 35.4 Å². The highest BCUT2D eigenvalue weighted by atomic mass is 79.9. The molecule has 4 amide bonds. The maximum absolute atomic E-state index is 14.5. The average Bonchev–Trinajstić information content (AvgIpc) is 3.42. The number of carbonyl (C=O) groups is 4. The van der Waals surface area contributed by atoms with Gasteiger partial charge in [0.15, 0.2) is 15.4 Å². The van der Waals surface area contributed by atoms with Crippen molar-refractivity contribution in [3.63, 3.8) is 0 Å². The Labute approximate surface area is 301 Å². The number of amides is 4. The summed E-state index contributed by atoms with van der Waals surface area (Å²) in [5.41, 5.74) is -1.27. The van der Waals surface area contributed by atoms with Crippen LogP contribution in [0.15, 0.2) is 60.2 Å². The molecule has 2 aliphatic heterocycles. The van der Waals surface area contributed by atoms with Gasteiger partial charge in [0.25, 0.3) is 11.8 Å². The van der Waals surface area contributed by atoms with Crippen LogP contribution in [-0.4, -0.2) is 72.8 Å². The molecule has 6 unspecified atom stereocenters. The Bertz CT molecular complexity index is 2110. The first-order valence-electron chi connectivity index (χ1n) is 15.3. The summed E-state index contributed by atoms with van der Waals surface area (Å²) in [6.45, 7) is 0. The number of allylic oxidation sites excluding steroid dienone is 2. The number of imide groups is 2. The number of halogens is 3. The van der Waals surface area contributed by atoms with Gasteiger partial charge in [-0.15, -0.1) is 23.2 Å². The predicted molar refractivity (Wildman–Crippen MR) is 186 cm³/mol. The molecular weight excluding hydrogens is 761 g/mol. The van der Waals surface area contributed by atoms with Crippen LogP contribution in [0.5, 0.6) is 5.75 Å². The summed E-state index contributed by atoms with van der Waals surface area (Å²) in [7, 11) is 2.79. The number of nitrogens with zero attached hydrogens (tertiary/aromatic N) is 5. The Morgan fingerprint density at radius 1 is 0.940 bits per heavy atom. The van der Waals surface area contributed by atoms with Crippen molar-refractivity contribution in [2.24, 2.45) is 17.8 Å². The second kappa shape index (κ2) is 11.5. The molecule has 2 heterocycles. The topological polar surface area (TPSA) is 185 Å².